The van der Waals surface area contributed by atoms with E-state index in [1.54, 1.807) is 24.5 Å². The average molecular weight is 604 g/mol. The molecule has 0 unspecified atom stereocenters. The summed E-state index contributed by atoms with van der Waals surface area (Å²) in [5.41, 5.74) is 2.65. The third kappa shape index (κ3) is 4.58. The predicted octanol–water partition coefficient (Wildman–Crippen LogP) is 7.26. The van der Waals surface area contributed by atoms with Crippen LogP contribution < -0.4 is 0 Å². The van der Waals surface area contributed by atoms with Crippen molar-refractivity contribution in [2.45, 2.75) is 98.0 Å². The topological polar surface area (TPSA) is 91.8 Å². The zero-order valence-corrected chi connectivity index (χ0v) is 27.2. The Balaban J connectivity index is 1.14. The number of nitrogens with zero attached hydrogens (tertiary/aromatic N) is 1. The number of hydrogen-bond donors (Lipinski definition) is 0. The number of fused-ring (bicyclic) bond motifs is 4. The second-order valence-corrected chi connectivity index (χ2v) is 15.2. The third-order valence-electron chi connectivity index (χ3n) is 13.6. The van der Waals surface area contributed by atoms with Crippen LogP contribution in [0.4, 0.5) is 0 Å². The standard InChI is InChI=1S/C37H49NO6/c1-23(21-43-33(41)26-12-18-38-19-13-26)8-7-9-24(2)27-10-14-35(5)29-20-28-31(25(3)32(40)44-28)37(15-11-30(39)42-6)22-36(29,37)17-16-34(27,35)4/h8,12-13,18-19,24,27-29,31H,3,7,9-11,14-17,20-22H2,1-2,4-6H3/b23-8+/t24-,27-,28-,29+,31-,34-,35+,36+,37-/m1/s1. The molecule has 1 spiro atoms. The number of methoxy groups -OCH3 is 1. The maximum atomic E-state index is 12.8. The van der Waals surface area contributed by atoms with Gasteiger partial charge in [0.15, 0.2) is 0 Å². The Labute approximate surface area is 262 Å². The van der Waals surface area contributed by atoms with Crippen LogP contribution in [0.25, 0.3) is 0 Å². The van der Waals surface area contributed by atoms with Gasteiger partial charge in [0.05, 0.1) is 12.7 Å². The molecule has 5 aliphatic rings. The van der Waals surface area contributed by atoms with Crippen molar-refractivity contribution in [2.75, 3.05) is 13.7 Å². The maximum absolute atomic E-state index is 12.8. The molecule has 5 fully saturated rings. The molecule has 1 aromatic rings. The lowest BCUT2D eigenvalue weighted by Crippen LogP contribution is -2.56. The summed E-state index contributed by atoms with van der Waals surface area (Å²) in [4.78, 5) is 41.4. The Morgan fingerprint density at radius 3 is 2.66 bits per heavy atom. The van der Waals surface area contributed by atoms with Gasteiger partial charge in [0.1, 0.15) is 12.7 Å². The van der Waals surface area contributed by atoms with Crippen molar-refractivity contribution in [1.29, 1.82) is 0 Å². The van der Waals surface area contributed by atoms with Crippen LogP contribution in [-0.2, 0) is 23.8 Å². The Hall–Kier alpha value is -2.96. The molecule has 6 rings (SSSR count). The van der Waals surface area contributed by atoms with Crippen molar-refractivity contribution in [3.05, 3.63) is 53.9 Å². The minimum atomic E-state index is -0.322. The van der Waals surface area contributed by atoms with Gasteiger partial charge in [-0.1, -0.05) is 33.4 Å². The molecule has 7 heteroatoms. The van der Waals surface area contributed by atoms with Crippen LogP contribution in [0.1, 0.15) is 102 Å². The summed E-state index contributed by atoms with van der Waals surface area (Å²) in [6, 6.07) is 3.33. The number of pyridine rings is 1. The van der Waals surface area contributed by atoms with E-state index < -0.39 is 0 Å². The van der Waals surface area contributed by atoms with Gasteiger partial charge in [0, 0.05) is 30.3 Å². The molecule has 1 aliphatic heterocycles. The Morgan fingerprint density at radius 1 is 1.18 bits per heavy atom. The van der Waals surface area contributed by atoms with Crippen LogP contribution in [0.15, 0.2) is 48.3 Å². The first kappa shape index (κ1) is 31.0. The first-order valence-electron chi connectivity index (χ1n) is 16.6. The van der Waals surface area contributed by atoms with E-state index in [4.69, 9.17) is 14.2 Å². The molecule has 9 atom stereocenters. The minimum absolute atomic E-state index is 0.0268. The number of ether oxygens (including phenoxy) is 3. The van der Waals surface area contributed by atoms with Gasteiger partial charge in [0.25, 0.3) is 0 Å². The van der Waals surface area contributed by atoms with E-state index in [1.807, 2.05) is 6.92 Å². The summed E-state index contributed by atoms with van der Waals surface area (Å²) in [6.07, 6.45) is 15.3. The Morgan fingerprint density at radius 2 is 1.93 bits per heavy atom. The molecule has 0 N–H and O–H groups in total. The number of allylic oxidation sites excluding steroid dienone is 1. The van der Waals surface area contributed by atoms with Crippen molar-refractivity contribution >= 4 is 17.9 Å². The van der Waals surface area contributed by atoms with Gasteiger partial charge in [-0.25, -0.2) is 9.59 Å². The largest absolute Gasteiger partial charge is 0.469 e. The molecule has 2 heterocycles. The fourth-order valence-electron chi connectivity index (χ4n) is 11.2. The van der Waals surface area contributed by atoms with E-state index in [0.717, 1.165) is 44.1 Å². The predicted molar refractivity (Wildman–Crippen MR) is 166 cm³/mol. The second-order valence-electron chi connectivity index (χ2n) is 15.2. The van der Waals surface area contributed by atoms with Crippen LogP contribution in [0, 0.1) is 45.3 Å². The molecular formula is C37H49NO6. The zero-order chi connectivity index (χ0) is 31.5. The number of esters is 3. The number of rotatable bonds is 10. The summed E-state index contributed by atoms with van der Waals surface area (Å²) < 4.78 is 16.6. The summed E-state index contributed by atoms with van der Waals surface area (Å²) in [7, 11) is 1.46. The number of carbonyl (C=O) groups excluding carboxylic acids is 3. The highest BCUT2D eigenvalue weighted by Crippen LogP contribution is 2.88. The van der Waals surface area contributed by atoms with Crippen molar-refractivity contribution < 1.29 is 28.6 Å². The monoisotopic (exact) mass is 603 g/mol. The number of aromatic nitrogens is 1. The highest BCUT2D eigenvalue weighted by molar-refractivity contribution is 5.91. The van der Waals surface area contributed by atoms with Crippen molar-refractivity contribution in [3.63, 3.8) is 0 Å². The lowest BCUT2D eigenvalue weighted by atomic mass is 9.43. The van der Waals surface area contributed by atoms with E-state index in [9.17, 15) is 14.4 Å². The molecule has 44 heavy (non-hydrogen) atoms. The highest BCUT2D eigenvalue weighted by atomic mass is 16.6. The minimum Gasteiger partial charge on any atom is -0.469 e. The lowest BCUT2D eigenvalue weighted by Gasteiger charge is -2.61. The fraction of sp³-hybridized carbons (Fsp3) is 0.676. The van der Waals surface area contributed by atoms with Crippen LogP contribution >= 0.6 is 0 Å². The van der Waals surface area contributed by atoms with Crippen LogP contribution in [0.2, 0.25) is 0 Å². The van der Waals surface area contributed by atoms with Gasteiger partial charge >= 0.3 is 17.9 Å². The lowest BCUT2D eigenvalue weighted by molar-refractivity contribution is -0.158. The van der Waals surface area contributed by atoms with Gasteiger partial charge < -0.3 is 14.2 Å². The molecule has 0 aromatic carbocycles. The van der Waals surface area contributed by atoms with Gasteiger partial charge in [-0.05, 0) is 122 Å². The van der Waals surface area contributed by atoms with E-state index in [0.29, 0.717) is 41.9 Å². The second kappa shape index (κ2) is 11.1. The molecule has 0 radical (unpaired) electrons. The summed E-state index contributed by atoms with van der Waals surface area (Å²) in [5.74, 6) is 0.971. The normalized spacial score (nSPS) is 39.3. The molecule has 1 aromatic heterocycles. The Kier molecular flexibility index (Phi) is 7.85. The van der Waals surface area contributed by atoms with E-state index in [1.165, 1.54) is 26.4 Å². The van der Waals surface area contributed by atoms with Gasteiger partial charge in [-0.15, -0.1) is 0 Å². The van der Waals surface area contributed by atoms with Gasteiger partial charge in [-0.3, -0.25) is 9.78 Å². The van der Waals surface area contributed by atoms with Crippen LogP contribution in [0.5, 0.6) is 0 Å². The van der Waals surface area contributed by atoms with E-state index >= 15 is 0 Å². The van der Waals surface area contributed by atoms with Crippen molar-refractivity contribution in [3.8, 4) is 0 Å². The quantitative estimate of drug-likeness (QED) is 0.120. The summed E-state index contributed by atoms with van der Waals surface area (Å²) in [5, 5.41) is 0. The molecular weight excluding hydrogens is 554 g/mol. The first-order chi connectivity index (χ1) is 20.9. The summed E-state index contributed by atoms with van der Waals surface area (Å²) >= 11 is 0. The maximum Gasteiger partial charge on any atom is 0.338 e. The SMILES string of the molecule is C=C1C(=O)O[C@@H]2C[C@@H]3[C@]4(CC[C@]5(C)[C@@H]([C@H](C)CC/C=C(\C)COC(=O)c6ccncc6)CC[C@@]35C)C[C@]4(CCC(=O)OC)[C@H]12. The average Bonchev–Trinajstić information content (AvgIpc) is 3.47. The molecule has 0 bridgehead atoms. The number of hydrogen-bond acceptors (Lipinski definition) is 7. The van der Waals surface area contributed by atoms with Crippen molar-refractivity contribution in [1.82, 2.24) is 4.98 Å². The van der Waals surface area contributed by atoms with Crippen molar-refractivity contribution in [2.24, 2.45) is 45.3 Å². The molecule has 238 valence electrons. The highest BCUT2D eigenvalue weighted by Gasteiger charge is 2.83. The summed E-state index contributed by atoms with van der Waals surface area (Å²) in [6.45, 7) is 14.1. The number of carbonyl (C=O) groups is 3. The smallest absolute Gasteiger partial charge is 0.338 e. The first-order valence-corrected chi connectivity index (χ1v) is 16.6. The van der Waals surface area contributed by atoms with E-state index in [-0.39, 0.29) is 51.6 Å². The molecule has 4 saturated carbocycles. The third-order valence-corrected chi connectivity index (χ3v) is 13.6. The van der Waals surface area contributed by atoms with Crippen LogP contribution in [-0.4, -0.2) is 42.7 Å². The Bertz CT molecular complexity index is 1370. The van der Waals surface area contributed by atoms with Gasteiger partial charge in [0.2, 0.25) is 0 Å². The zero-order valence-electron chi connectivity index (χ0n) is 27.2. The van der Waals surface area contributed by atoms with Gasteiger partial charge in [-0.2, -0.15) is 0 Å². The van der Waals surface area contributed by atoms with Crippen LogP contribution in [0.3, 0.4) is 0 Å². The molecule has 1 saturated heterocycles. The van der Waals surface area contributed by atoms with E-state index in [2.05, 4.69) is 38.4 Å². The molecule has 7 nitrogen and oxygen atoms in total. The fourth-order valence-corrected chi connectivity index (χ4v) is 11.2. The molecule has 0 amide bonds. The molecule has 4 aliphatic carbocycles.